The third-order valence-corrected chi connectivity index (χ3v) is 7.03. The smallest absolute Gasteiger partial charge is 0.243 e. The van der Waals surface area contributed by atoms with Gasteiger partial charge in [-0.05, 0) is 68.8 Å². The molecular formula is C17H23ClFN3O3S. The van der Waals surface area contributed by atoms with Crippen LogP contribution in [0.3, 0.4) is 0 Å². The molecule has 26 heavy (non-hydrogen) atoms. The highest BCUT2D eigenvalue weighted by atomic mass is 35.5. The molecule has 1 aromatic carbocycles. The first-order chi connectivity index (χ1) is 11.9. The third kappa shape index (κ3) is 3.88. The maximum atomic E-state index is 14.0. The monoisotopic (exact) mass is 403 g/mol. The van der Waals surface area contributed by atoms with Gasteiger partial charge in [0.15, 0.2) is 0 Å². The van der Waals surface area contributed by atoms with Crippen molar-refractivity contribution in [3.8, 4) is 0 Å². The predicted octanol–water partition coefficient (Wildman–Crippen LogP) is 2.02. The number of benzene rings is 1. The quantitative estimate of drug-likeness (QED) is 0.701. The highest BCUT2D eigenvalue weighted by Gasteiger charge is 2.57. The number of sulfonamides is 1. The van der Waals surface area contributed by atoms with E-state index in [2.05, 4.69) is 15.4 Å². The van der Waals surface area contributed by atoms with Crippen LogP contribution >= 0.6 is 12.4 Å². The van der Waals surface area contributed by atoms with Crippen molar-refractivity contribution in [1.82, 2.24) is 10.0 Å². The summed E-state index contributed by atoms with van der Waals surface area (Å²) in [6, 6.07) is 3.59. The van der Waals surface area contributed by atoms with Crippen LogP contribution in [0.25, 0.3) is 0 Å². The van der Waals surface area contributed by atoms with Crippen LogP contribution in [-0.4, -0.2) is 33.5 Å². The molecule has 6 nitrogen and oxygen atoms in total. The number of anilines is 1. The molecule has 2 saturated carbocycles. The molecule has 1 aliphatic heterocycles. The Labute approximate surface area is 158 Å². The molecule has 0 radical (unpaired) electrons. The van der Waals surface area contributed by atoms with Crippen LogP contribution in [-0.2, 0) is 14.8 Å². The van der Waals surface area contributed by atoms with Crippen molar-refractivity contribution in [3.05, 3.63) is 24.0 Å². The van der Waals surface area contributed by atoms with E-state index < -0.39 is 20.7 Å². The Balaban J connectivity index is 0.00000196. The number of carbonyl (C=O) groups excluding carboxylic acids is 1. The SMILES string of the molecule is Cl.O=C(Nc1ccc(F)c(S(=O)(=O)NC2CC2)c1)C1CC12CCNCC2. The van der Waals surface area contributed by atoms with Gasteiger partial charge in [0.2, 0.25) is 15.9 Å². The van der Waals surface area contributed by atoms with E-state index in [1.54, 1.807) is 0 Å². The van der Waals surface area contributed by atoms with Gasteiger partial charge in [-0.2, -0.15) is 0 Å². The topological polar surface area (TPSA) is 87.3 Å². The van der Waals surface area contributed by atoms with Crippen molar-refractivity contribution in [2.75, 3.05) is 18.4 Å². The zero-order valence-electron chi connectivity index (χ0n) is 14.3. The number of carbonyl (C=O) groups is 1. The molecule has 1 saturated heterocycles. The molecule has 9 heteroatoms. The van der Waals surface area contributed by atoms with Crippen molar-refractivity contribution < 1.29 is 17.6 Å². The standard InChI is InChI=1S/C17H22FN3O3S.ClH/c18-14-4-3-12(9-15(14)25(23,24)21-11-1-2-11)20-16(22)13-10-17(13)5-7-19-8-6-17;/h3-4,9,11,13,19,21H,1-2,5-8,10H2,(H,20,22);1H. The first kappa shape index (κ1) is 19.5. The summed E-state index contributed by atoms with van der Waals surface area (Å²) < 4.78 is 41.0. The molecule has 1 spiro atoms. The Morgan fingerprint density at radius 1 is 1.23 bits per heavy atom. The van der Waals surface area contributed by atoms with Crippen molar-refractivity contribution in [2.24, 2.45) is 11.3 Å². The number of halogens is 2. The normalized spacial score (nSPS) is 24.0. The van der Waals surface area contributed by atoms with Crippen molar-refractivity contribution in [3.63, 3.8) is 0 Å². The van der Waals surface area contributed by atoms with E-state index in [9.17, 15) is 17.6 Å². The fraction of sp³-hybridized carbons (Fsp3) is 0.588. The Kier molecular flexibility index (Phi) is 5.31. The van der Waals surface area contributed by atoms with Gasteiger partial charge in [-0.25, -0.2) is 17.5 Å². The summed E-state index contributed by atoms with van der Waals surface area (Å²) in [6.07, 6.45) is 4.39. The van der Waals surface area contributed by atoms with Crippen LogP contribution in [0.5, 0.6) is 0 Å². The predicted molar refractivity (Wildman–Crippen MR) is 98.3 cm³/mol. The largest absolute Gasteiger partial charge is 0.326 e. The number of hydrogen-bond donors (Lipinski definition) is 3. The van der Waals surface area contributed by atoms with Gasteiger partial charge in [0.1, 0.15) is 10.7 Å². The minimum absolute atomic E-state index is 0. The van der Waals surface area contributed by atoms with Gasteiger partial charge < -0.3 is 10.6 Å². The molecular weight excluding hydrogens is 381 g/mol. The zero-order chi connectivity index (χ0) is 17.7. The number of rotatable bonds is 5. The molecule has 4 rings (SSSR count). The van der Waals surface area contributed by atoms with E-state index in [0.29, 0.717) is 5.69 Å². The zero-order valence-corrected chi connectivity index (χ0v) is 15.9. The van der Waals surface area contributed by atoms with E-state index in [-0.39, 0.29) is 35.7 Å². The molecule has 1 unspecified atom stereocenters. The molecule has 1 amide bonds. The maximum Gasteiger partial charge on any atom is 0.243 e. The highest BCUT2D eigenvalue weighted by Crippen LogP contribution is 2.58. The molecule has 3 N–H and O–H groups in total. The van der Waals surface area contributed by atoms with Crippen LogP contribution in [0.4, 0.5) is 10.1 Å². The minimum atomic E-state index is -3.90. The van der Waals surface area contributed by atoms with E-state index >= 15 is 0 Å². The third-order valence-electron chi connectivity index (χ3n) is 5.49. The summed E-state index contributed by atoms with van der Waals surface area (Å²) in [5.74, 6) is -0.955. The van der Waals surface area contributed by atoms with E-state index in [4.69, 9.17) is 0 Å². The number of piperidine rings is 1. The van der Waals surface area contributed by atoms with Gasteiger partial charge in [0, 0.05) is 17.6 Å². The second kappa shape index (κ2) is 7.07. The Morgan fingerprint density at radius 3 is 2.58 bits per heavy atom. The molecule has 1 aromatic rings. The Bertz CT molecular complexity index is 807. The van der Waals surface area contributed by atoms with Crippen LogP contribution in [0, 0.1) is 17.2 Å². The van der Waals surface area contributed by atoms with Crippen LogP contribution in [0.2, 0.25) is 0 Å². The Morgan fingerprint density at radius 2 is 1.92 bits per heavy atom. The fourth-order valence-electron chi connectivity index (χ4n) is 3.70. The summed E-state index contributed by atoms with van der Waals surface area (Å²) in [5.41, 5.74) is 0.413. The summed E-state index contributed by atoms with van der Waals surface area (Å²) in [5, 5.41) is 6.06. The van der Waals surface area contributed by atoms with Gasteiger partial charge in [0.25, 0.3) is 0 Å². The van der Waals surface area contributed by atoms with Gasteiger partial charge in [-0.1, -0.05) is 0 Å². The average molecular weight is 404 g/mol. The lowest BCUT2D eigenvalue weighted by Gasteiger charge is -2.23. The lowest BCUT2D eigenvalue weighted by Crippen LogP contribution is -2.31. The summed E-state index contributed by atoms with van der Waals surface area (Å²) in [4.78, 5) is 12.1. The minimum Gasteiger partial charge on any atom is -0.326 e. The van der Waals surface area contributed by atoms with Crippen LogP contribution < -0.4 is 15.4 Å². The van der Waals surface area contributed by atoms with Gasteiger partial charge in [0.05, 0.1) is 0 Å². The molecule has 1 atom stereocenters. The summed E-state index contributed by atoms with van der Waals surface area (Å²) >= 11 is 0. The first-order valence-corrected chi connectivity index (χ1v) is 10.2. The summed E-state index contributed by atoms with van der Waals surface area (Å²) in [7, 11) is -3.90. The highest BCUT2D eigenvalue weighted by molar-refractivity contribution is 7.89. The van der Waals surface area contributed by atoms with Crippen molar-refractivity contribution in [2.45, 2.75) is 43.0 Å². The molecule has 0 bridgehead atoms. The molecule has 144 valence electrons. The lowest BCUT2D eigenvalue weighted by atomic mass is 9.92. The number of nitrogens with one attached hydrogen (secondary N) is 3. The van der Waals surface area contributed by atoms with E-state index in [1.165, 1.54) is 12.1 Å². The van der Waals surface area contributed by atoms with Crippen molar-refractivity contribution >= 4 is 34.0 Å². The lowest BCUT2D eigenvalue weighted by molar-refractivity contribution is -0.118. The second-order valence-corrected chi connectivity index (χ2v) is 9.08. The van der Waals surface area contributed by atoms with E-state index in [0.717, 1.165) is 51.3 Å². The van der Waals surface area contributed by atoms with Gasteiger partial charge in [-0.3, -0.25) is 4.79 Å². The van der Waals surface area contributed by atoms with Gasteiger partial charge >= 0.3 is 0 Å². The van der Waals surface area contributed by atoms with Crippen molar-refractivity contribution in [1.29, 1.82) is 0 Å². The molecule has 1 heterocycles. The fourth-order valence-corrected chi connectivity index (χ4v) is 5.10. The van der Waals surface area contributed by atoms with Crippen LogP contribution in [0.15, 0.2) is 23.1 Å². The summed E-state index contributed by atoms with van der Waals surface area (Å²) in [6.45, 7) is 1.85. The average Bonchev–Trinajstić information content (AvgIpc) is 3.48. The Hall–Kier alpha value is -1.22. The molecule has 3 aliphatic rings. The molecule has 2 aliphatic carbocycles. The molecule has 3 fully saturated rings. The number of hydrogen-bond acceptors (Lipinski definition) is 4. The van der Waals surface area contributed by atoms with Crippen LogP contribution in [0.1, 0.15) is 32.1 Å². The number of amides is 1. The van der Waals surface area contributed by atoms with Gasteiger partial charge in [-0.15, -0.1) is 12.4 Å². The molecule has 0 aromatic heterocycles. The maximum absolute atomic E-state index is 14.0. The second-order valence-electron chi connectivity index (χ2n) is 7.40. The first-order valence-electron chi connectivity index (χ1n) is 8.73. The van der Waals surface area contributed by atoms with E-state index in [1.807, 2.05) is 0 Å².